The zero-order chi connectivity index (χ0) is 41.9. The van der Waals surface area contributed by atoms with Crippen LogP contribution in [0.1, 0.15) is 0 Å². The molecule has 9 aromatic carbocycles. The molecule has 12 rings (SSSR count). The van der Waals surface area contributed by atoms with Gasteiger partial charge in [-0.15, -0.1) is 0 Å². The first-order valence-corrected chi connectivity index (χ1v) is 21.3. The van der Waals surface area contributed by atoms with Crippen LogP contribution in [-0.4, -0.2) is 19.9 Å². The summed E-state index contributed by atoms with van der Waals surface area (Å²) >= 11 is 6.41. The van der Waals surface area contributed by atoms with Crippen molar-refractivity contribution in [3.05, 3.63) is 212 Å². The summed E-state index contributed by atoms with van der Waals surface area (Å²) < 4.78 is 6.65. The number of aromatic nitrogens is 4. The molecule has 0 fully saturated rings. The fourth-order valence-electron chi connectivity index (χ4n) is 8.92. The van der Waals surface area contributed by atoms with Crippen molar-refractivity contribution >= 4 is 55.3 Å². The molecule has 0 atom stereocenters. The third-order valence-electron chi connectivity index (χ3n) is 12.0. The van der Waals surface area contributed by atoms with E-state index in [0.717, 1.165) is 83.0 Å². The fourth-order valence-corrected chi connectivity index (χ4v) is 9.08. The van der Waals surface area contributed by atoms with Gasteiger partial charge in [-0.2, -0.15) is 9.97 Å². The molecule has 0 unspecified atom stereocenters. The molecule has 63 heavy (non-hydrogen) atoms. The lowest BCUT2D eigenvalue weighted by atomic mass is 9.92. The summed E-state index contributed by atoms with van der Waals surface area (Å²) in [6, 6.07) is 72.3. The largest absolute Gasteiger partial charge is 0.455 e. The number of nitrogens with one attached hydrogen (secondary N) is 1. The summed E-state index contributed by atoms with van der Waals surface area (Å²) in [5.41, 5.74) is 16.9. The monoisotopic (exact) mass is 826 g/mol. The van der Waals surface area contributed by atoms with Gasteiger partial charge in [0.15, 0.2) is 11.6 Å². The number of rotatable bonds is 7. The lowest BCUT2D eigenvalue weighted by molar-refractivity contribution is 0.670. The minimum Gasteiger partial charge on any atom is -0.455 e. The highest BCUT2D eigenvalue weighted by Gasteiger charge is 2.18. The van der Waals surface area contributed by atoms with Crippen LogP contribution in [-0.2, 0) is 0 Å². The van der Waals surface area contributed by atoms with Gasteiger partial charge in [0.05, 0.1) is 5.52 Å². The van der Waals surface area contributed by atoms with Crippen LogP contribution in [0.25, 0.3) is 122 Å². The van der Waals surface area contributed by atoms with E-state index < -0.39 is 0 Å². The van der Waals surface area contributed by atoms with Gasteiger partial charge < -0.3 is 9.40 Å². The highest BCUT2D eigenvalue weighted by Crippen LogP contribution is 2.42. The normalized spacial score (nSPS) is 11.6. The molecule has 1 N–H and O–H groups in total. The second kappa shape index (κ2) is 15.1. The number of H-pyrrole nitrogens is 1. The average molecular weight is 827 g/mol. The molecule has 3 heterocycles. The predicted molar refractivity (Wildman–Crippen MR) is 260 cm³/mol. The van der Waals surface area contributed by atoms with Crippen molar-refractivity contribution in [2.75, 3.05) is 0 Å². The zero-order valence-electron chi connectivity index (χ0n) is 33.8. The molecule has 0 saturated heterocycles. The van der Waals surface area contributed by atoms with E-state index in [2.05, 4.69) is 167 Å². The van der Waals surface area contributed by atoms with Crippen molar-refractivity contribution in [2.24, 2.45) is 0 Å². The average Bonchev–Trinajstić information content (AvgIpc) is 3.92. The molecule has 0 saturated carbocycles. The van der Waals surface area contributed by atoms with Crippen LogP contribution >= 0.6 is 11.6 Å². The van der Waals surface area contributed by atoms with Crippen molar-refractivity contribution in [1.82, 2.24) is 19.9 Å². The second-order valence-corrected chi connectivity index (χ2v) is 16.2. The van der Waals surface area contributed by atoms with E-state index in [9.17, 15) is 0 Å². The summed E-state index contributed by atoms with van der Waals surface area (Å²) in [5, 5.41) is 4.73. The van der Waals surface area contributed by atoms with Crippen molar-refractivity contribution in [3.8, 4) is 78.4 Å². The predicted octanol–water partition coefficient (Wildman–Crippen LogP) is 15.7. The topological polar surface area (TPSA) is 67.6 Å². The molecule has 12 aromatic rings. The van der Waals surface area contributed by atoms with Crippen LogP contribution < -0.4 is 0 Å². The van der Waals surface area contributed by atoms with E-state index in [1.54, 1.807) is 0 Å². The molecular formula is C57H35ClN4O. The molecule has 5 nitrogen and oxygen atoms in total. The zero-order valence-corrected chi connectivity index (χ0v) is 34.5. The lowest BCUT2D eigenvalue weighted by Crippen LogP contribution is -1.97. The van der Waals surface area contributed by atoms with E-state index in [4.69, 9.17) is 21.0 Å². The van der Waals surface area contributed by atoms with Crippen molar-refractivity contribution in [3.63, 3.8) is 0 Å². The van der Waals surface area contributed by atoms with Crippen LogP contribution in [0.3, 0.4) is 0 Å². The first-order chi connectivity index (χ1) is 31.1. The molecule has 0 aliphatic carbocycles. The molecule has 6 heteroatoms. The van der Waals surface area contributed by atoms with Gasteiger partial charge in [-0.05, 0) is 98.6 Å². The number of fused-ring (bicyclic) bond motifs is 6. The number of hydrogen-bond donors (Lipinski definition) is 1. The summed E-state index contributed by atoms with van der Waals surface area (Å²) in [6.07, 6.45) is 0. The minimum absolute atomic E-state index is 0.156. The Balaban J connectivity index is 0.924. The number of para-hydroxylation sites is 2. The Morgan fingerprint density at radius 2 is 0.873 bits per heavy atom. The molecule has 296 valence electrons. The Labute approximate surface area is 368 Å². The van der Waals surface area contributed by atoms with E-state index in [0.29, 0.717) is 11.6 Å². The highest BCUT2D eigenvalue weighted by atomic mass is 35.5. The van der Waals surface area contributed by atoms with Gasteiger partial charge in [0.2, 0.25) is 5.28 Å². The van der Waals surface area contributed by atoms with Crippen molar-refractivity contribution in [2.45, 2.75) is 0 Å². The maximum absolute atomic E-state index is 6.65. The third-order valence-corrected chi connectivity index (χ3v) is 12.2. The van der Waals surface area contributed by atoms with Gasteiger partial charge >= 0.3 is 0 Å². The van der Waals surface area contributed by atoms with Crippen LogP contribution in [0.5, 0.6) is 0 Å². The number of furan rings is 1. The van der Waals surface area contributed by atoms with Gasteiger partial charge in [0.25, 0.3) is 0 Å². The number of benzene rings is 9. The Kier molecular flexibility index (Phi) is 8.80. The smallest absolute Gasteiger partial charge is 0.226 e. The maximum atomic E-state index is 6.65. The summed E-state index contributed by atoms with van der Waals surface area (Å²) in [6.45, 7) is 0. The van der Waals surface area contributed by atoms with Gasteiger partial charge in [-0.25, -0.2) is 4.98 Å². The maximum Gasteiger partial charge on any atom is 0.226 e. The summed E-state index contributed by atoms with van der Waals surface area (Å²) in [7, 11) is 0. The third kappa shape index (κ3) is 6.63. The van der Waals surface area contributed by atoms with Gasteiger partial charge in [0.1, 0.15) is 11.2 Å². The molecule has 3 aromatic heterocycles. The fraction of sp³-hybridized carbons (Fsp3) is 0. The van der Waals surface area contributed by atoms with E-state index in [-0.39, 0.29) is 5.28 Å². The van der Waals surface area contributed by atoms with E-state index in [1.165, 1.54) is 27.5 Å². The van der Waals surface area contributed by atoms with E-state index in [1.807, 2.05) is 54.6 Å². The highest BCUT2D eigenvalue weighted by molar-refractivity contribution is 6.28. The minimum atomic E-state index is 0.156. The van der Waals surface area contributed by atoms with Gasteiger partial charge in [-0.1, -0.05) is 164 Å². The van der Waals surface area contributed by atoms with Crippen LogP contribution in [0, 0.1) is 0 Å². The molecule has 0 bridgehead atoms. The van der Waals surface area contributed by atoms with Crippen LogP contribution in [0.4, 0.5) is 0 Å². The number of aromatic amines is 1. The van der Waals surface area contributed by atoms with Crippen molar-refractivity contribution < 1.29 is 4.42 Å². The number of hydrogen-bond acceptors (Lipinski definition) is 4. The molecule has 0 amide bonds. The second-order valence-electron chi connectivity index (χ2n) is 15.8. The van der Waals surface area contributed by atoms with Crippen molar-refractivity contribution in [1.29, 1.82) is 0 Å². The number of halogens is 1. The quantitative estimate of drug-likeness (QED) is 0.174. The van der Waals surface area contributed by atoms with E-state index >= 15 is 0 Å². The molecule has 0 radical (unpaired) electrons. The van der Waals surface area contributed by atoms with Crippen LogP contribution in [0.15, 0.2) is 211 Å². The van der Waals surface area contributed by atoms with Gasteiger partial charge in [-0.3, -0.25) is 0 Å². The molecular weight excluding hydrogens is 792 g/mol. The summed E-state index contributed by atoms with van der Waals surface area (Å²) in [5.74, 6) is 1.06. The number of nitrogens with zero attached hydrogens (tertiary/aromatic N) is 3. The standard InChI is InChI=1S/C57H35ClN4O/c58-57-61-55(37-14-5-2-6-15-37)60-56(62-57)38-26-24-36(25-27-38)44-33-48(54-50(34-44)46-20-7-8-23-52(46)63-54)43-19-10-17-40(31-43)39-16-9-18-42(30-39)45-21-11-22-47-49-32-41(35-12-3-1-4-13-35)28-29-51(49)59-53(45)47/h1-34,59H. The Morgan fingerprint density at radius 3 is 1.62 bits per heavy atom. The Morgan fingerprint density at radius 1 is 0.349 bits per heavy atom. The molecule has 0 aliphatic heterocycles. The first-order valence-electron chi connectivity index (χ1n) is 20.9. The first kappa shape index (κ1) is 36.7. The van der Waals surface area contributed by atoms with Gasteiger partial charge in [0, 0.05) is 49.3 Å². The molecule has 0 aliphatic rings. The Bertz CT molecular complexity index is 3690. The molecule has 0 spiro atoms. The Hall–Kier alpha value is -8.12. The summed E-state index contributed by atoms with van der Waals surface area (Å²) in [4.78, 5) is 17.4. The lowest BCUT2D eigenvalue weighted by Gasteiger charge is -2.11. The van der Waals surface area contributed by atoms with Crippen LogP contribution in [0.2, 0.25) is 5.28 Å². The SMILES string of the molecule is Clc1nc(-c2ccccc2)nc(-c2ccc(-c3cc(-c4cccc(-c5cccc(-c6cccc7c6[nH]c6ccc(-c8ccccc8)cc67)c5)c4)c4oc5ccccc5c4c3)cc2)n1.